The second-order valence-electron chi connectivity index (χ2n) is 12.9. The van der Waals surface area contributed by atoms with Crippen LogP contribution in [0.4, 0.5) is 0 Å². The monoisotopic (exact) mass is 466 g/mol. The molecule has 0 amide bonds. The molecule has 13 atom stereocenters. The highest BCUT2D eigenvalue weighted by Gasteiger charge is 2.67. The van der Waals surface area contributed by atoms with E-state index in [9.17, 15) is 20.4 Å². The van der Waals surface area contributed by atoms with E-state index in [1.165, 1.54) is 0 Å². The lowest BCUT2D eigenvalue weighted by Gasteiger charge is -2.64. The van der Waals surface area contributed by atoms with Gasteiger partial charge in [-0.25, -0.2) is 0 Å². The molecule has 6 nitrogen and oxygen atoms in total. The van der Waals surface area contributed by atoms with Crippen molar-refractivity contribution in [3.8, 4) is 0 Å². The summed E-state index contributed by atoms with van der Waals surface area (Å²) in [6.45, 7) is 8.42. The Labute approximate surface area is 199 Å². The summed E-state index contributed by atoms with van der Waals surface area (Å²) in [5.74, 6) is 1.64. The molecule has 33 heavy (non-hydrogen) atoms. The van der Waals surface area contributed by atoms with Gasteiger partial charge in [0.15, 0.2) is 6.29 Å². The fourth-order valence-electron chi connectivity index (χ4n) is 9.45. The van der Waals surface area contributed by atoms with Crippen LogP contribution < -0.4 is 0 Å². The van der Waals surface area contributed by atoms with E-state index in [1.807, 2.05) is 6.92 Å². The molecule has 1 saturated heterocycles. The molecule has 5 aliphatic rings. The molecule has 0 aromatic heterocycles. The molecule has 4 saturated carbocycles. The summed E-state index contributed by atoms with van der Waals surface area (Å²) >= 11 is 0. The van der Waals surface area contributed by atoms with Gasteiger partial charge in [0, 0.05) is 11.8 Å². The Bertz CT molecular complexity index is 717. The summed E-state index contributed by atoms with van der Waals surface area (Å²) in [6, 6.07) is 0. The first kappa shape index (κ1) is 24.5. The van der Waals surface area contributed by atoms with Crippen LogP contribution in [0.2, 0.25) is 0 Å². The van der Waals surface area contributed by atoms with Gasteiger partial charge in [0.2, 0.25) is 0 Å². The molecule has 4 N–H and O–H groups in total. The summed E-state index contributed by atoms with van der Waals surface area (Å²) in [7, 11) is 0. The number of aliphatic hydroxyl groups is 4. The number of ether oxygens (including phenoxy) is 2. The molecule has 1 heterocycles. The fourth-order valence-corrected chi connectivity index (χ4v) is 9.45. The third kappa shape index (κ3) is 3.65. The average molecular weight is 467 g/mol. The summed E-state index contributed by atoms with van der Waals surface area (Å²) in [5.41, 5.74) is -0.604. The van der Waals surface area contributed by atoms with E-state index in [2.05, 4.69) is 13.8 Å². The van der Waals surface area contributed by atoms with Gasteiger partial charge in [-0.2, -0.15) is 0 Å². The van der Waals surface area contributed by atoms with Gasteiger partial charge in [0.25, 0.3) is 0 Å². The standard InChI is InChI=1S/C27H46O6/c1-15(28)19-9-12-27(31)21-6-5-17-13-18(33-23-14-22(29)24(30)16(2)32-23)7-10-25(17,3)20(21)8-11-26(19,27)4/h15-24,28-31H,5-14H2,1-4H3/t15?,16-,17-,18+,19-,20+,21-,22+,23+,24-,25+,26-,27+/m1/s1. The van der Waals surface area contributed by atoms with Crippen molar-refractivity contribution in [3.05, 3.63) is 0 Å². The summed E-state index contributed by atoms with van der Waals surface area (Å²) in [6.07, 6.45) is 6.80. The Balaban J connectivity index is 1.28. The van der Waals surface area contributed by atoms with Crippen molar-refractivity contribution in [1.29, 1.82) is 0 Å². The van der Waals surface area contributed by atoms with Crippen LogP contribution in [-0.2, 0) is 9.47 Å². The number of hydrogen-bond acceptors (Lipinski definition) is 6. The first-order valence-corrected chi connectivity index (χ1v) is 13.6. The van der Waals surface area contributed by atoms with E-state index in [0.717, 1.165) is 57.8 Å². The molecule has 190 valence electrons. The molecule has 0 radical (unpaired) electrons. The van der Waals surface area contributed by atoms with Crippen molar-refractivity contribution in [3.63, 3.8) is 0 Å². The molecular formula is C27H46O6. The van der Waals surface area contributed by atoms with Gasteiger partial charge >= 0.3 is 0 Å². The van der Waals surface area contributed by atoms with E-state index in [0.29, 0.717) is 24.2 Å². The summed E-state index contributed by atoms with van der Waals surface area (Å²) in [4.78, 5) is 0. The van der Waals surface area contributed by atoms with Crippen molar-refractivity contribution in [2.75, 3.05) is 0 Å². The highest BCUT2D eigenvalue weighted by atomic mass is 16.7. The smallest absolute Gasteiger partial charge is 0.161 e. The minimum absolute atomic E-state index is 0.127. The van der Waals surface area contributed by atoms with Crippen molar-refractivity contribution in [2.24, 2.45) is 34.5 Å². The second-order valence-corrected chi connectivity index (χ2v) is 12.9. The molecule has 1 unspecified atom stereocenters. The van der Waals surface area contributed by atoms with E-state index < -0.39 is 30.2 Å². The van der Waals surface area contributed by atoms with Crippen LogP contribution in [0.15, 0.2) is 0 Å². The van der Waals surface area contributed by atoms with Crippen LogP contribution >= 0.6 is 0 Å². The summed E-state index contributed by atoms with van der Waals surface area (Å²) < 4.78 is 12.2. The SMILES string of the molecule is CC(O)[C@H]1CC[C@]2(O)[C@@H]3CC[C@@H]4C[C@@H](O[C@H]5C[C@H](O)[C@H](O)[C@@H](C)O5)CC[C@]4(C)[C@H]3CC[C@]12C. The molecule has 6 heteroatoms. The fraction of sp³-hybridized carbons (Fsp3) is 1.00. The molecule has 5 fully saturated rings. The van der Waals surface area contributed by atoms with E-state index >= 15 is 0 Å². The Kier molecular flexibility index (Phi) is 6.24. The van der Waals surface area contributed by atoms with Crippen molar-refractivity contribution in [2.45, 2.75) is 134 Å². The van der Waals surface area contributed by atoms with Gasteiger partial charge in [-0.15, -0.1) is 0 Å². The van der Waals surface area contributed by atoms with Crippen LogP contribution in [0.3, 0.4) is 0 Å². The number of fused-ring (bicyclic) bond motifs is 5. The summed E-state index contributed by atoms with van der Waals surface area (Å²) in [5, 5.41) is 42.7. The van der Waals surface area contributed by atoms with Crippen LogP contribution in [0.25, 0.3) is 0 Å². The zero-order valence-corrected chi connectivity index (χ0v) is 20.9. The second kappa shape index (κ2) is 8.41. The lowest BCUT2D eigenvalue weighted by Crippen LogP contribution is -2.63. The molecule has 0 aromatic carbocycles. The molecule has 5 rings (SSSR count). The molecule has 0 bridgehead atoms. The topological polar surface area (TPSA) is 99.4 Å². The minimum Gasteiger partial charge on any atom is -0.393 e. The number of aliphatic hydroxyl groups excluding tert-OH is 3. The highest BCUT2D eigenvalue weighted by molar-refractivity contribution is 5.17. The Hall–Kier alpha value is -0.240. The molecule has 0 aromatic rings. The normalized spacial score (nSPS) is 57.6. The molecule has 4 aliphatic carbocycles. The van der Waals surface area contributed by atoms with Crippen LogP contribution in [0.5, 0.6) is 0 Å². The van der Waals surface area contributed by atoms with Crippen LogP contribution in [-0.4, -0.2) is 62.8 Å². The van der Waals surface area contributed by atoms with Gasteiger partial charge in [-0.05, 0) is 101 Å². The Morgan fingerprint density at radius 3 is 2.39 bits per heavy atom. The number of rotatable bonds is 3. The molecule has 1 aliphatic heterocycles. The molecular weight excluding hydrogens is 420 g/mol. The predicted molar refractivity (Wildman–Crippen MR) is 124 cm³/mol. The van der Waals surface area contributed by atoms with Crippen molar-refractivity contribution >= 4 is 0 Å². The first-order chi connectivity index (χ1) is 15.5. The zero-order valence-electron chi connectivity index (χ0n) is 20.9. The lowest BCUT2D eigenvalue weighted by atomic mass is 9.43. The predicted octanol–water partition coefficient (Wildman–Crippen LogP) is 3.38. The Morgan fingerprint density at radius 1 is 0.939 bits per heavy atom. The minimum atomic E-state index is -0.846. The third-order valence-corrected chi connectivity index (χ3v) is 11.5. The molecule has 0 spiro atoms. The lowest BCUT2D eigenvalue weighted by molar-refractivity contribution is -0.271. The van der Waals surface area contributed by atoms with Gasteiger partial charge in [-0.1, -0.05) is 13.8 Å². The number of hydrogen-bond donors (Lipinski definition) is 4. The zero-order chi connectivity index (χ0) is 23.8. The maximum atomic E-state index is 12.1. The van der Waals surface area contributed by atoms with Gasteiger partial charge < -0.3 is 29.9 Å². The first-order valence-electron chi connectivity index (χ1n) is 13.6. The van der Waals surface area contributed by atoms with Gasteiger partial charge in [0.05, 0.1) is 30.0 Å². The highest BCUT2D eigenvalue weighted by Crippen LogP contribution is 2.69. The third-order valence-electron chi connectivity index (χ3n) is 11.5. The van der Waals surface area contributed by atoms with Crippen LogP contribution in [0, 0.1) is 34.5 Å². The van der Waals surface area contributed by atoms with E-state index in [-0.39, 0.29) is 29.0 Å². The largest absolute Gasteiger partial charge is 0.393 e. The van der Waals surface area contributed by atoms with Gasteiger partial charge in [-0.3, -0.25) is 0 Å². The average Bonchev–Trinajstić information content (AvgIpc) is 3.04. The van der Waals surface area contributed by atoms with Crippen molar-refractivity contribution < 1.29 is 29.9 Å². The maximum Gasteiger partial charge on any atom is 0.161 e. The van der Waals surface area contributed by atoms with E-state index in [1.54, 1.807) is 6.92 Å². The van der Waals surface area contributed by atoms with Gasteiger partial charge in [0.1, 0.15) is 6.10 Å². The Morgan fingerprint density at radius 2 is 1.70 bits per heavy atom. The van der Waals surface area contributed by atoms with E-state index in [4.69, 9.17) is 9.47 Å². The van der Waals surface area contributed by atoms with Crippen molar-refractivity contribution in [1.82, 2.24) is 0 Å². The maximum absolute atomic E-state index is 12.1. The quantitative estimate of drug-likeness (QED) is 0.476. The van der Waals surface area contributed by atoms with Crippen LogP contribution in [0.1, 0.15) is 91.9 Å².